The summed E-state index contributed by atoms with van der Waals surface area (Å²) in [5, 5.41) is 3.67. The highest BCUT2D eigenvalue weighted by Crippen LogP contribution is 2.46. The number of ether oxygens (including phenoxy) is 1. The summed E-state index contributed by atoms with van der Waals surface area (Å²) in [6.45, 7) is 15.3. The van der Waals surface area contributed by atoms with Crippen LogP contribution in [0, 0.1) is 16.7 Å². The molecule has 2 heteroatoms. The van der Waals surface area contributed by atoms with Crippen LogP contribution in [0.15, 0.2) is 0 Å². The lowest BCUT2D eigenvalue weighted by Crippen LogP contribution is -2.62. The number of rotatable bonds is 5. The lowest BCUT2D eigenvalue weighted by molar-refractivity contribution is -0.166. The standard InChI is InChI=1S/C18H35NO/c1-7-8-19-15-10-16(18(15,5)6)20-14-9-13(2)11-17(3,4)12-14/h13-16,19H,7-12H2,1-6H3. The molecule has 118 valence electrons. The fourth-order valence-electron chi connectivity index (χ4n) is 4.38. The molecule has 0 amide bonds. The first-order valence-corrected chi connectivity index (χ1v) is 8.63. The highest BCUT2D eigenvalue weighted by atomic mass is 16.5. The van der Waals surface area contributed by atoms with E-state index in [0.29, 0.717) is 29.1 Å². The Labute approximate surface area is 126 Å². The summed E-state index contributed by atoms with van der Waals surface area (Å²) in [7, 11) is 0. The summed E-state index contributed by atoms with van der Waals surface area (Å²) in [6.07, 6.45) is 7.17. The minimum Gasteiger partial charge on any atom is -0.374 e. The van der Waals surface area contributed by atoms with Crippen LogP contribution in [0.4, 0.5) is 0 Å². The molecule has 0 radical (unpaired) electrons. The van der Waals surface area contributed by atoms with Crippen molar-refractivity contribution in [1.29, 1.82) is 0 Å². The van der Waals surface area contributed by atoms with Crippen LogP contribution >= 0.6 is 0 Å². The van der Waals surface area contributed by atoms with Gasteiger partial charge in [0.15, 0.2) is 0 Å². The predicted octanol–water partition coefficient (Wildman–Crippen LogP) is 4.38. The molecule has 0 aromatic rings. The van der Waals surface area contributed by atoms with Gasteiger partial charge in [-0.2, -0.15) is 0 Å². The lowest BCUT2D eigenvalue weighted by Gasteiger charge is -2.54. The van der Waals surface area contributed by atoms with E-state index in [4.69, 9.17) is 4.74 Å². The Morgan fingerprint density at radius 1 is 1.10 bits per heavy atom. The largest absolute Gasteiger partial charge is 0.374 e. The van der Waals surface area contributed by atoms with Gasteiger partial charge in [0.2, 0.25) is 0 Å². The molecule has 2 aliphatic carbocycles. The van der Waals surface area contributed by atoms with Crippen LogP contribution in [0.1, 0.15) is 73.6 Å². The molecule has 4 unspecified atom stereocenters. The van der Waals surface area contributed by atoms with Gasteiger partial charge in [0, 0.05) is 11.5 Å². The summed E-state index contributed by atoms with van der Waals surface area (Å²) in [4.78, 5) is 0. The van der Waals surface area contributed by atoms with Gasteiger partial charge in [-0.05, 0) is 50.0 Å². The first-order chi connectivity index (χ1) is 9.24. The summed E-state index contributed by atoms with van der Waals surface area (Å²) >= 11 is 0. The van der Waals surface area contributed by atoms with Crippen molar-refractivity contribution in [3.63, 3.8) is 0 Å². The average Bonchev–Trinajstić information content (AvgIpc) is 2.30. The minimum absolute atomic E-state index is 0.292. The third kappa shape index (κ3) is 3.57. The molecule has 2 aliphatic rings. The van der Waals surface area contributed by atoms with Crippen molar-refractivity contribution in [3.8, 4) is 0 Å². The van der Waals surface area contributed by atoms with E-state index in [1.165, 1.54) is 32.1 Å². The van der Waals surface area contributed by atoms with Crippen LogP contribution in [-0.2, 0) is 4.74 Å². The van der Waals surface area contributed by atoms with E-state index in [2.05, 4.69) is 46.9 Å². The van der Waals surface area contributed by atoms with Gasteiger partial charge in [0.1, 0.15) is 0 Å². The van der Waals surface area contributed by atoms with Crippen LogP contribution in [0.3, 0.4) is 0 Å². The maximum absolute atomic E-state index is 6.52. The molecule has 2 nitrogen and oxygen atoms in total. The fraction of sp³-hybridized carbons (Fsp3) is 1.00. The zero-order valence-electron chi connectivity index (χ0n) is 14.5. The molecular formula is C18H35NO. The monoisotopic (exact) mass is 281 g/mol. The normalized spacial score (nSPS) is 39.3. The van der Waals surface area contributed by atoms with E-state index >= 15 is 0 Å². The van der Waals surface area contributed by atoms with E-state index in [0.717, 1.165) is 12.5 Å². The molecule has 0 aromatic heterocycles. The highest BCUT2D eigenvalue weighted by Gasteiger charge is 2.50. The van der Waals surface area contributed by atoms with Gasteiger partial charge in [-0.15, -0.1) is 0 Å². The molecule has 0 aliphatic heterocycles. The summed E-state index contributed by atoms with van der Waals surface area (Å²) < 4.78 is 6.52. The van der Waals surface area contributed by atoms with Crippen LogP contribution in [0.5, 0.6) is 0 Å². The molecule has 20 heavy (non-hydrogen) atoms. The molecule has 0 bridgehead atoms. The van der Waals surface area contributed by atoms with Gasteiger partial charge < -0.3 is 10.1 Å². The van der Waals surface area contributed by atoms with Crippen molar-refractivity contribution >= 4 is 0 Å². The van der Waals surface area contributed by atoms with Gasteiger partial charge in [-0.1, -0.05) is 41.5 Å². The number of hydrogen-bond donors (Lipinski definition) is 1. The third-order valence-electron chi connectivity index (χ3n) is 5.52. The Morgan fingerprint density at radius 2 is 1.80 bits per heavy atom. The lowest BCUT2D eigenvalue weighted by atomic mass is 9.64. The van der Waals surface area contributed by atoms with E-state index in [-0.39, 0.29) is 0 Å². The van der Waals surface area contributed by atoms with E-state index in [1.807, 2.05) is 0 Å². The summed E-state index contributed by atoms with van der Waals surface area (Å²) in [5.41, 5.74) is 0.746. The van der Waals surface area contributed by atoms with Crippen LogP contribution < -0.4 is 5.32 Å². The van der Waals surface area contributed by atoms with E-state index in [9.17, 15) is 0 Å². The molecule has 2 saturated carbocycles. The maximum Gasteiger partial charge on any atom is 0.0659 e. The second-order valence-electron chi connectivity index (χ2n) is 8.72. The Kier molecular flexibility index (Phi) is 4.86. The van der Waals surface area contributed by atoms with E-state index < -0.39 is 0 Å². The topological polar surface area (TPSA) is 21.3 Å². The smallest absolute Gasteiger partial charge is 0.0659 e. The van der Waals surface area contributed by atoms with Gasteiger partial charge >= 0.3 is 0 Å². The van der Waals surface area contributed by atoms with Gasteiger partial charge in [0.05, 0.1) is 12.2 Å². The zero-order chi connectivity index (χ0) is 15.0. The molecule has 2 rings (SSSR count). The van der Waals surface area contributed by atoms with Crippen molar-refractivity contribution in [3.05, 3.63) is 0 Å². The molecule has 2 fully saturated rings. The third-order valence-corrected chi connectivity index (χ3v) is 5.52. The van der Waals surface area contributed by atoms with Crippen molar-refractivity contribution in [1.82, 2.24) is 5.32 Å². The average molecular weight is 281 g/mol. The van der Waals surface area contributed by atoms with Gasteiger partial charge in [0.25, 0.3) is 0 Å². The quantitative estimate of drug-likeness (QED) is 0.807. The Balaban J connectivity index is 1.85. The van der Waals surface area contributed by atoms with Crippen LogP contribution in [0.25, 0.3) is 0 Å². The van der Waals surface area contributed by atoms with Crippen LogP contribution in [-0.4, -0.2) is 24.8 Å². The molecule has 0 heterocycles. The Morgan fingerprint density at radius 3 is 2.35 bits per heavy atom. The van der Waals surface area contributed by atoms with Crippen LogP contribution in [0.2, 0.25) is 0 Å². The summed E-state index contributed by atoms with van der Waals surface area (Å²) in [5.74, 6) is 0.806. The van der Waals surface area contributed by atoms with Crippen molar-refractivity contribution in [2.24, 2.45) is 16.7 Å². The molecule has 1 N–H and O–H groups in total. The maximum atomic E-state index is 6.52. The van der Waals surface area contributed by atoms with Crippen molar-refractivity contribution in [2.45, 2.75) is 91.9 Å². The number of nitrogens with one attached hydrogen (secondary N) is 1. The highest BCUT2D eigenvalue weighted by molar-refractivity contribution is 5.03. The predicted molar refractivity (Wildman–Crippen MR) is 85.9 cm³/mol. The zero-order valence-corrected chi connectivity index (χ0v) is 14.5. The van der Waals surface area contributed by atoms with Crippen molar-refractivity contribution < 1.29 is 4.74 Å². The Bertz CT molecular complexity index is 323. The molecule has 0 spiro atoms. The van der Waals surface area contributed by atoms with Crippen molar-refractivity contribution in [2.75, 3.05) is 6.54 Å². The second kappa shape index (κ2) is 5.96. The molecule has 4 atom stereocenters. The first kappa shape index (κ1) is 16.3. The Hall–Kier alpha value is -0.0800. The van der Waals surface area contributed by atoms with E-state index in [1.54, 1.807) is 0 Å². The first-order valence-electron chi connectivity index (χ1n) is 8.63. The molecule has 0 aromatic carbocycles. The minimum atomic E-state index is 0.292. The molecule has 0 saturated heterocycles. The second-order valence-corrected chi connectivity index (χ2v) is 8.72. The van der Waals surface area contributed by atoms with Gasteiger partial charge in [-0.25, -0.2) is 0 Å². The molecular weight excluding hydrogens is 246 g/mol. The van der Waals surface area contributed by atoms with Gasteiger partial charge in [-0.3, -0.25) is 0 Å². The SMILES string of the molecule is CCCNC1CC(OC2CC(C)CC(C)(C)C2)C1(C)C. The summed E-state index contributed by atoms with van der Waals surface area (Å²) in [6, 6.07) is 0.640. The fourth-order valence-corrected chi connectivity index (χ4v) is 4.38. The number of hydrogen-bond acceptors (Lipinski definition) is 2.